The van der Waals surface area contributed by atoms with E-state index in [-0.39, 0.29) is 17.8 Å². The van der Waals surface area contributed by atoms with Crippen molar-refractivity contribution in [1.29, 1.82) is 0 Å². The highest BCUT2D eigenvalue weighted by molar-refractivity contribution is 7.17. The van der Waals surface area contributed by atoms with E-state index in [2.05, 4.69) is 26.8 Å². The van der Waals surface area contributed by atoms with Crippen molar-refractivity contribution in [3.63, 3.8) is 0 Å². The molecule has 2 heterocycles. The van der Waals surface area contributed by atoms with E-state index >= 15 is 0 Å². The van der Waals surface area contributed by atoms with Crippen molar-refractivity contribution in [2.75, 3.05) is 6.61 Å². The van der Waals surface area contributed by atoms with Crippen molar-refractivity contribution < 1.29 is 19.1 Å². The third-order valence-electron chi connectivity index (χ3n) is 5.44. The number of thiazole rings is 1. The molecule has 0 unspecified atom stereocenters. The Labute approximate surface area is 203 Å². The van der Waals surface area contributed by atoms with Crippen LogP contribution in [0.2, 0.25) is 0 Å². The number of ether oxygens (including phenoxy) is 2. The second kappa shape index (κ2) is 9.81. The molecule has 0 saturated heterocycles. The SMILES string of the molecule is CCOC(=O)Cc1cn2c(C=O)c(-c3ccc(OCc4ccccc4)c(C(C)(C)C)c3)nc2s1. The molecule has 2 aromatic carbocycles. The number of esters is 1. The van der Waals surface area contributed by atoms with Crippen LogP contribution in [0.25, 0.3) is 16.2 Å². The van der Waals surface area contributed by atoms with E-state index in [1.165, 1.54) is 11.3 Å². The largest absolute Gasteiger partial charge is 0.489 e. The lowest BCUT2D eigenvalue weighted by molar-refractivity contribution is -0.142. The number of aldehydes is 1. The summed E-state index contributed by atoms with van der Waals surface area (Å²) in [5, 5.41) is 0. The van der Waals surface area contributed by atoms with Crippen LogP contribution in [0.5, 0.6) is 5.75 Å². The second-order valence-corrected chi connectivity index (χ2v) is 10.1. The maximum atomic E-state index is 12.0. The van der Waals surface area contributed by atoms with Gasteiger partial charge in [0.1, 0.15) is 23.7 Å². The fourth-order valence-corrected chi connectivity index (χ4v) is 4.76. The summed E-state index contributed by atoms with van der Waals surface area (Å²) in [6.45, 7) is 9.00. The number of hydrogen-bond acceptors (Lipinski definition) is 6. The number of rotatable bonds is 8. The Morgan fingerprint density at radius 2 is 1.91 bits per heavy atom. The number of carbonyl (C=O) groups excluding carboxylic acids is 2. The molecule has 0 aliphatic rings. The fraction of sp³-hybridized carbons (Fsp3) is 0.296. The number of fused-ring (bicyclic) bond motifs is 1. The fourth-order valence-electron chi connectivity index (χ4n) is 3.79. The molecule has 0 spiro atoms. The van der Waals surface area contributed by atoms with Gasteiger partial charge in [0, 0.05) is 22.2 Å². The van der Waals surface area contributed by atoms with Crippen LogP contribution in [0.15, 0.2) is 54.7 Å². The molecule has 0 fully saturated rings. The molecule has 176 valence electrons. The van der Waals surface area contributed by atoms with Crippen LogP contribution in [0.1, 0.15) is 54.2 Å². The maximum absolute atomic E-state index is 12.0. The first-order chi connectivity index (χ1) is 16.3. The first-order valence-corrected chi connectivity index (χ1v) is 12.0. The number of carbonyl (C=O) groups is 2. The predicted octanol–water partition coefficient (Wildman–Crippen LogP) is 5.86. The van der Waals surface area contributed by atoms with E-state index in [4.69, 9.17) is 14.5 Å². The third-order valence-corrected chi connectivity index (χ3v) is 6.43. The Bertz CT molecular complexity index is 1320. The maximum Gasteiger partial charge on any atom is 0.311 e. The van der Waals surface area contributed by atoms with Crippen LogP contribution in [0.4, 0.5) is 0 Å². The summed E-state index contributed by atoms with van der Waals surface area (Å²) in [4.78, 5) is 30.1. The van der Waals surface area contributed by atoms with Gasteiger partial charge in [-0.15, -0.1) is 11.3 Å². The molecule has 0 atom stereocenters. The van der Waals surface area contributed by atoms with Gasteiger partial charge in [0.2, 0.25) is 0 Å². The van der Waals surface area contributed by atoms with Gasteiger partial charge in [-0.05, 0) is 36.1 Å². The number of benzene rings is 2. The molecular formula is C27H28N2O4S. The summed E-state index contributed by atoms with van der Waals surface area (Å²) in [7, 11) is 0. The van der Waals surface area contributed by atoms with Gasteiger partial charge in [-0.25, -0.2) is 4.98 Å². The Morgan fingerprint density at radius 3 is 2.59 bits per heavy atom. The van der Waals surface area contributed by atoms with Crippen LogP contribution >= 0.6 is 11.3 Å². The van der Waals surface area contributed by atoms with Gasteiger partial charge in [0.15, 0.2) is 11.2 Å². The van der Waals surface area contributed by atoms with Gasteiger partial charge in [-0.3, -0.25) is 14.0 Å². The van der Waals surface area contributed by atoms with Gasteiger partial charge in [0.05, 0.1) is 13.0 Å². The first-order valence-electron chi connectivity index (χ1n) is 11.2. The van der Waals surface area contributed by atoms with Crippen LogP contribution in [-0.2, 0) is 28.0 Å². The average molecular weight is 477 g/mol. The molecule has 2 aromatic heterocycles. The topological polar surface area (TPSA) is 69.9 Å². The molecule has 0 aliphatic heterocycles. The Balaban J connectivity index is 1.67. The second-order valence-electron chi connectivity index (χ2n) is 9.03. The van der Waals surface area contributed by atoms with Gasteiger partial charge in [0.25, 0.3) is 0 Å². The molecule has 0 bridgehead atoms. The minimum Gasteiger partial charge on any atom is -0.489 e. The quantitative estimate of drug-likeness (QED) is 0.235. The molecular weight excluding hydrogens is 448 g/mol. The van der Waals surface area contributed by atoms with E-state index in [1.54, 1.807) is 17.5 Å². The van der Waals surface area contributed by atoms with Crippen LogP contribution < -0.4 is 4.74 Å². The zero-order chi connectivity index (χ0) is 24.3. The molecule has 0 radical (unpaired) electrons. The molecule has 0 aliphatic carbocycles. The first kappa shape index (κ1) is 23.7. The van der Waals surface area contributed by atoms with Crippen molar-refractivity contribution >= 4 is 28.6 Å². The average Bonchev–Trinajstić information content (AvgIpc) is 3.34. The molecule has 7 heteroatoms. The van der Waals surface area contributed by atoms with Crippen molar-refractivity contribution in [1.82, 2.24) is 9.38 Å². The van der Waals surface area contributed by atoms with Crippen LogP contribution in [0.3, 0.4) is 0 Å². The summed E-state index contributed by atoms with van der Waals surface area (Å²) in [6, 6.07) is 16.0. The monoisotopic (exact) mass is 476 g/mol. The standard InChI is InChI=1S/C27H28N2O4S/c1-5-32-24(31)14-20-15-29-22(16-30)25(28-26(29)34-20)19-11-12-23(21(13-19)27(2,3)4)33-17-18-9-7-6-8-10-18/h6-13,15-16H,5,14,17H2,1-4H3. The van der Waals surface area contributed by atoms with Crippen molar-refractivity contribution in [2.45, 2.75) is 46.1 Å². The van der Waals surface area contributed by atoms with E-state index in [0.717, 1.165) is 33.6 Å². The summed E-state index contributed by atoms with van der Waals surface area (Å²) in [5.74, 6) is 0.520. The van der Waals surface area contributed by atoms with E-state index in [1.807, 2.05) is 42.5 Å². The summed E-state index contributed by atoms with van der Waals surface area (Å²) < 4.78 is 13.0. The van der Waals surface area contributed by atoms with Gasteiger partial charge in [-0.2, -0.15) is 0 Å². The summed E-state index contributed by atoms with van der Waals surface area (Å²) >= 11 is 1.38. The Morgan fingerprint density at radius 1 is 1.15 bits per heavy atom. The van der Waals surface area contributed by atoms with Crippen molar-refractivity contribution in [3.8, 4) is 17.0 Å². The minimum absolute atomic E-state index is 0.164. The highest BCUT2D eigenvalue weighted by Gasteiger charge is 2.23. The molecule has 0 N–H and O–H groups in total. The molecule has 4 rings (SSSR count). The number of aromatic nitrogens is 2. The normalized spacial score (nSPS) is 11.5. The van der Waals surface area contributed by atoms with Gasteiger partial charge < -0.3 is 9.47 Å². The molecule has 4 aromatic rings. The summed E-state index contributed by atoms with van der Waals surface area (Å²) in [5.41, 5.74) is 3.89. The number of hydrogen-bond donors (Lipinski definition) is 0. The smallest absolute Gasteiger partial charge is 0.311 e. The van der Waals surface area contributed by atoms with E-state index in [0.29, 0.717) is 29.6 Å². The van der Waals surface area contributed by atoms with Gasteiger partial charge >= 0.3 is 5.97 Å². The third kappa shape index (κ3) is 5.04. The van der Waals surface area contributed by atoms with Crippen molar-refractivity contribution in [2.24, 2.45) is 0 Å². The lowest BCUT2D eigenvalue weighted by atomic mass is 9.85. The zero-order valence-electron chi connectivity index (χ0n) is 19.8. The summed E-state index contributed by atoms with van der Waals surface area (Å²) in [6.07, 6.45) is 2.77. The number of imidazole rings is 1. The Kier molecular flexibility index (Phi) is 6.84. The van der Waals surface area contributed by atoms with E-state index < -0.39 is 0 Å². The predicted molar refractivity (Wildman–Crippen MR) is 134 cm³/mol. The van der Waals surface area contributed by atoms with Crippen molar-refractivity contribution in [3.05, 3.63) is 76.4 Å². The molecule has 0 saturated carbocycles. The van der Waals surface area contributed by atoms with Crippen LogP contribution in [-0.4, -0.2) is 28.2 Å². The van der Waals surface area contributed by atoms with E-state index in [9.17, 15) is 9.59 Å². The van der Waals surface area contributed by atoms with Crippen LogP contribution in [0, 0.1) is 0 Å². The highest BCUT2D eigenvalue weighted by Crippen LogP contribution is 2.37. The highest BCUT2D eigenvalue weighted by atomic mass is 32.1. The minimum atomic E-state index is -0.291. The number of nitrogens with zero attached hydrogens (tertiary/aromatic N) is 2. The lowest BCUT2D eigenvalue weighted by Gasteiger charge is -2.23. The molecule has 6 nitrogen and oxygen atoms in total. The van der Waals surface area contributed by atoms with Gasteiger partial charge in [-0.1, -0.05) is 51.1 Å². The zero-order valence-corrected chi connectivity index (χ0v) is 20.6. The molecule has 0 amide bonds. The Hall–Kier alpha value is -3.45. The lowest BCUT2D eigenvalue weighted by Crippen LogP contribution is -2.14. The molecule has 34 heavy (non-hydrogen) atoms.